The fraction of sp³-hybridized carbons (Fsp3) is 0.783. The van der Waals surface area contributed by atoms with Crippen LogP contribution in [0.25, 0.3) is 0 Å². The normalized spacial score (nSPS) is 11.8. The number of hydrogen-bond acceptors (Lipinski definition) is 3. The molecular formula is C23H42NO6+. The number of carbonyl (C=O) groups is 3. The van der Waals surface area contributed by atoms with E-state index < -0.39 is 17.9 Å². The van der Waals surface area contributed by atoms with E-state index in [-0.39, 0.29) is 19.3 Å². The van der Waals surface area contributed by atoms with E-state index >= 15 is 0 Å². The fourth-order valence-corrected chi connectivity index (χ4v) is 3.76. The monoisotopic (exact) mass is 428 g/mol. The lowest BCUT2D eigenvalue weighted by molar-refractivity contribution is -0.923. The Morgan fingerprint density at radius 1 is 0.633 bits per heavy atom. The van der Waals surface area contributed by atoms with E-state index in [1.165, 1.54) is 32.1 Å². The minimum atomic E-state index is -0.845. The van der Waals surface area contributed by atoms with Gasteiger partial charge in [-0.2, -0.15) is 0 Å². The van der Waals surface area contributed by atoms with Gasteiger partial charge in [-0.3, -0.25) is 14.4 Å². The van der Waals surface area contributed by atoms with Gasteiger partial charge in [0.1, 0.15) is 0 Å². The Balaban J connectivity index is 4.83. The van der Waals surface area contributed by atoms with Gasteiger partial charge in [-0.15, -0.1) is 0 Å². The van der Waals surface area contributed by atoms with Crippen molar-refractivity contribution in [1.82, 2.24) is 0 Å². The molecule has 0 aliphatic heterocycles. The quantitative estimate of drug-likeness (QED) is 0.139. The molecule has 0 aliphatic rings. The van der Waals surface area contributed by atoms with Gasteiger partial charge in [-0.05, 0) is 18.9 Å². The van der Waals surface area contributed by atoms with E-state index in [2.05, 4.69) is 19.1 Å². The SMILES string of the molecule is CCCCCCCC/C=C/C[N+](CCCC(=O)O)(CCCC(=O)O)CCCC(=O)O. The highest BCUT2D eigenvalue weighted by Gasteiger charge is 2.26. The molecule has 3 N–H and O–H groups in total. The molecular weight excluding hydrogens is 386 g/mol. The number of rotatable bonds is 21. The molecule has 0 aliphatic carbocycles. The summed E-state index contributed by atoms with van der Waals surface area (Å²) in [6.45, 7) is 4.75. The van der Waals surface area contributed by atoms with Crippen molar-refractivity contribution in [3.8, 4) is 0 Å². The Morgan fingerprint density at radius 2 is 1.07 bits per heavy atom. The van der Waals surface area contributed by atoms with Crippen LogP contribution in [0.3, 0.4) is 0 Å². The molecule has 0 radical (unpaired) electrons. The highest BCUT2D eigenvalue weighted by Crippen LogP contribution is 2.16. The number of quaternary nitrogens is 1. The molecule has 0 rings (SSSR count). The summed E-state index contributed by atoms with van der Waals surface area (Å²) in [6, 6.07) is 0. The summed E-state index contributed by atoms with van der Waals surface area (Å²) in [5.74, 6) is -2.53. The maximum absolute atomic E-state index is 10.9. The van der Waals surface area contributed by atoms with Crippen molar-refractivity contribution in [3.05, 3.63) is 12.2 Å². The van der Waals surface area contributed by atoms with Gasteiger partial charge in [0.05, 0.1) is 45.4 Å². The summed E-state index contributed by atoms with van der Waals surface area (Å²) in [5, 5.41) is 26.9. The number of carboxylic acid groups (broad SMARTS) is 3. The summed E-state index contributed by atoms with van der Waals surface area (Å²) in [4.78, 5) is 32.8. The van der Waals surface area contributed by atoms with Crippen molar-refractivity contribution in [1.29, 1.82) is 0 Å². The van der Waals surface area contributed by atoms with Gasteiger partial charge >= 0.3 is 17.9 Å². The second-order valence-electron chi connectivity index (χ2n) is 8.21. The Bertz CT molecular complexity index is 468. The van der Waals surface area contributed by atoms with Crippen LogP contribution in [0.4, 0.5) is 0 Å². The van der Waals surface area contributed by atoms with Crippen molar-refractivity contribution < 1.29 is 34.2 Å². The molecule has 0 heterocycles. The van der Waals surface area contributed by atoms with E-state index in [1.54, 1.807) is 0 Å². The third-order valence-corrected chi connectivity index (χ3v) is 5.45. The maximum Gasteiger partial charge on any atom is 0.303 e. The maximum atomic E-state index is 10.9. The number of unbranched alkanes of at least 4 members (excludes halogenated alkanes) is 6. The minimum Gasteiger partial charge on any atom is -0.481 e. The predicted octanol–water partition coefficient (Wildman–Crippen LogP) is 4.70. The first-order chi connectivity index (χ1) is 14.3. The summed E-state index contributed by atoms with van der Waals surface area (Å²) < 4.78 is 0.556. The zero-order valence-electron chi connectivity index (χ0n) is 18.7. The van der Waals surface area contributed by atoms with Gasteiger partial charge in [0.15, 0.2) is 0 Å². The number of aliphatic carboxylic acids is 3. The van der Waals surface area contributed by atoms with E-state index in [9.17, 15) is 14.4 Å². The summed E-state index contributed by atoms with van der Waals surface area (Å²) in [7, 11) is 0. The van der Waals surface area contributed by atoms with Gasteiger partial charge in [-0.25, -0.2) is 0 Å². The van der Waals surface area contributed by atoms with Crippen molar-refractivity contribution in [2.45, 2.75) is 90.4 Å². The second-order valence-corrected chi connectivity index (χ2v) is 8.21. The summed E-state index contributed by atoms with van der Waals surface area (Å²) in [5.41, 5.74) is 0. The van der Waals surface area contributed by atoms with Crippen LogP contribution in [0.15, 0.2) is 12.2 Å². The zero-order valence-corrected chi connectivity index (χ0v) is 18.7. The lowest BCUT2D eigenvalue weighted by atomic mass is 10.1. The first-order valence-corrected chi connectivity index (χ1v) is 11.5. The van der Waals surface area contributed by atoms with Crippen LogP contribution >= 0.6 is 0 Å². The highest BCUT2D eigenvalue weighted by atomic mass is 16.4. The van der Waals surface area contributed by atoms with Gasteiger partial charge in [0, 0.05) is 19.3 Å². The van der Waals surface area contributed by atoms with E-state index in [0.717, 1.165) is 12.8 Å². The molecule has 0 bridgehead atoms. The second kappa shape index (κ2) is 17.9. The van der Waals surface area contributed by atoms with Crippen LogP contribution in [-0.2, 0) is 14.4 Å². The lowest BCUT2D eigenvalue weighted by Gasteiger charge is -2.38. The Hall–Kier alpha value is -1.89. The molecule has 0 saturated carbocycles. The molecule has 7 heteroatoms. The number of allylic oxidation sites excluding steroid dienone is 1. The van der Waals surface area contributed by atoms with Crippen LogP contribution in [0.2, 0.25) is 0 Å². The molecule has 0 spiro atoms. The van der Waals surface area contributed by atoms with Crippen molar-refractivity contribution in [2.75, 3.05) is 26.2 Å². The van der Waals surface area contributed by atoms with Gasteiger partial charge < -0.3 is 19.8 Å². The standard InChI is InChI=1S/C23H41NO6/c1-2-3-4-5-6-7-8-9-10-17-24(18-11-14-21(25)26,19-12-15-22(27)28)20-13-16-23(29)30/h9-10H,2-8,11-20H2,1H3,(H2-,25,26,27,28,29,30)/p+1/b10-9+. The molecule has 30 heavy (non-hydrogen) atoms. The molecule has 0 unspecified atom stereocenters. The largest absolute Gasteiger partial charge is 0.481 e. The minimum absolute atomic E-state index is 0.0688. The molecule has 0 amide bonds. The van der Waals surface area contributed by atoms with Crippen LogP contribution in [0, 0.1) is 0 Å². The van der Waals surface area contributed by atoms with Crippen molar-refractivity contribution in [3.63, 3.8) is 0 Å². The Morgan fingerprint density at radius 3 is 1.50 bits per heavy atom. The molecule has 7 nitrogen and oxygen atoms in total. The predicted molar refractivity (Wildman–Crippen MR) is 117 cm³/mol. The van der Waals surface area contributed by atoms with E-state index in [1.807, 2.05) is 0 Å². The van der Waals surface area contributed by atoms with E-state index in [4.69, 9.17) is 15.3 Å². The third-order valence-electron chi connectivity index (χ3n) is 5.45. The van der Waals surface area contributed by atoms with Gasteiger partial charge in [0.25, 0.3) is 0 Å². The van der Waals surface area contributed by atoms with E-state index in [0.29, 0.717) is 49.9 Å². The average molecular weight is 429 g/mol. The fourth-order valence-electron chi connectivity index (χ4n) is 3.76. The van der Waals surface area contributed by atoms with Gasteiger partial charge in [0.2, 0.25) is 0 Å². The summed E-state index contributed by atoms with van der Waals surface area (Å²) in [6.07, 6.45) is 14.5. The van der Waals surface area contributed by atoms with Crippen molar-refractivity contribution >= 4 is 17.9 Å². The average Bonchev–Trinajstić information content (AvgIpc) is 2.65. The Kier molecular flexibility index (Phi) is 16.8. The summed E-state index contributed by atoms with van der Waals surface area (Å²) >= 11 is 0. The first-order valence-electron chi connectivity index (χ1n) is 11.5. The molecule has 0 aromatic rings. The molecule has 174 valence electrons. The lowest BCUT2D eigenvalue weighted by Crippen LogP contribution is -2.50. The molecule has 0 aromatic heterocycles. The highest BCUT2D eigenvalue weighted by molar-refractivity contribution is 5.67. The van der Waals surface area contributed by atoms with Crippen LogP contribution < -0.4 is 0 Å². The molecule has 0 saturated heterocycles. The molecule has 0 atom stereocenters. The smallest absolute Gasteiger partial charge is 0.303 e. The van der Waals surface area contributed by atoms with Crippen LogP contribution in [0.5, 0.6) is 0 Å². The Labute approximate surface area is 181 Å². The van der Waals surface area contributed by atoms with Crippen LogP contribution in [0.1, 0.15) is 90.4 Å². The van der Waals surface area contributed by atoms with Gasteiger partial charge in [-0.1, -0.05) is 45.1 Å². The molecule has 0 aromatic carbocycles. The number of nitrogens with zero attached hydrogens (tertiary/aromatic N) is 1. The number of carboxylic acids is 3. The third kappa shape index (κ3) is 17.0. The zero-order chi connectivity index (χ0) is 22.7. The number of hydrogen-bond donors (Lipinski definition) is 3. The first kappa shape index (κ1) is 28.1. The topological polar surface area (TPSA) is 112 Å². The van der Waals surface area contributed by atoms with Crippen molar-refractivity contribution in [2.24, 2.45) is 0 Å². The van der Waals surface area contributed by atoms with Crippen LogP contribution in [-0.4, -0.2) is 63.9 Å². The molecule has 0 fully saturated rings.